The average Bonchev–Trinajstić information content (AvgIpc) is 2.44. The maximum Gasteiger partial charge on any atom is 0.170 e. The monoisotopic (exact) mass is 306 g/mol. The number of hydrogen-bond acceptors (Lipinski definition) is 3. The van der Waals surface area contributed by atoms with Crippen LogP contribution in [0.15, 0.2) is 24.5 Å². The van der Waals surface area contributed by atoms with Gasteiger partial charge < -0.3 is 15.5 Å². The molecule has 0 aromatic carbocycles. The molecule has 116 valence electrons. The van der Waals surface area contributed by atoms with Crippen LogP contribution in [0.2, 0.25) is 0 Å². The molecule has 1 aliphatic heterocycles. The van der Waals surface area contributed by atoms with E-state index in [0.29, 0.717) is 5.11 Å². The van der Waals surface area contributed by atoms with Gasteiger partial charge in [0.15, 0.2) is 5.11 Å². The molecular weight excluding hydrogens is 280 g/mol. The molecule has 0 amide bonds. The first-order valence-electron chi connectivity index (χ1n) is 7.80. The standard InChI is InChI=1S/C16H26N4S/c1-13-9-14(2)12-20(11-13)8-4-7-18-16(21)19-15-5-3-6-17-10-15/h3,5-6,10,13-14H,4,7-9,11-12H2,1-2H3,(H2,18,19,21)/t13-,14-/m0/s1. The number of nitrogens with one attached hydrogen (secondary N) is 2. The number of thiocarbonyl (C=S) groups is 1. The Morgan fingerprint density at radius 3 is 2.81 bits per heavy atom. The molecule has 2 heterocycles. The summed E-state index contributed by atoms with van der Waals surface area (Å²) >= 11 is 5.28. The largest absolute Gasteiger partial charge is 0.362 e. The lowest BCUT2D eigenvalue weighted by Gasteiger charge is -2.34. The first-order valence-corrected chi connectivity index (χ1v) is 8.21. The number of likely N-dealkylation sites (tertiary alicyclic amines) is 1. The van der Waals surface area contributed by atoms with E-state index in [1.165, 1.54) is 19.5 Å². The number of piperidine rings is 1. The van der Waals surface area contributed by atoms with Gasteiger partial charge in [-0.2, -0.15) is 0 Å². The smallest absolute Gasteiger partial charge is 0.170 e. The van der Waals surface area contributed by atoms with E-state index in [0.717, 1.165) is 37.0 Å². The van der Waals surface area contributed by atoms with Gasteiger partial charge in [0.25, 0.3) is 0 Å². The lowest BCUT2D eigenvalue weighted by molar-refractivity contribution is 0.140. The van der Waals surface area contributed by atoms with Crippen molar-refractivity contribution in [3.05, 3.63) is 24.5 Å². The highest BCUT2D eigenvalue weighted by Crippen LogP contribution is 2.20. The molecule has 1 aliphatic rings. The number of rotatable bonds is 5. The van der Waals surface area contributed by atoms with Crippen LogP contribution in [0.3, 0.4) is 0 Å². The van der Waals surface area contributed by atoms with Crippen molar-refractivity contribution in [2.75, 3.05) is 31.5 Å². The third kappa shape index (κ3) is 5.98. The van der Waals surface area contributed by atoms with Crippen molar-refractivity contribution in [1.82, 2.24) is 15.2 Å². The fraction of sp³-hybridized carbons (Fsp3) is 0.625. The Bertz CT molecular complexity index is 427. The summed E-state index contributed by atoms with van der Waals surface area (Å²) in [6.07, 6.45) is 6.01. The zero-order valence-corrected chi connectivity index (χ0v) is 13.8. The molecule has 0 bridgehead atoms. The zero-order valence-electron chi connectivity index (χ0n) is 13.0. The summed E-state index contributed by atoms with van der Waals surface area (Å²) < 4.78 is 0. The Morgan fingerprint density at radius 2 is 2.14 bits per heavy atom. The van der Waals surface area contributed by atoms with Crippen LogP contribution in [0.1, 0.15) is 26.7 Å². The summed E-state index contributed by atoms with van der Waals surface area (Å²) in [7, 11) is 0. The summed E-state index contributed by atoms with van der Waals surface area (Å²) in [5, 5.41) is 7.07. The second-order valence-electron chi connectivity index (χ2n) is 6.18. The van der Waals surface area contributed by atoms with Crippen LogP contribution in [0.25, 0.3) is 0 Å². The third-order valence-electron chi connectivity index (χ3n) is 3.80. The highest BCUT2D eigenvalue weighted by Gasteiger charge is 2.20. The quantitative estimate of drug-likeness (QED) is 0.646. The van der Waals surface area contributed by atoms with Crippen LogP contribution in [0.4, 0.5) is 5.69 Å². The van der Waals surface area contributed by atoms with Crippen molar-refractivity contribution < 1.29 is 0 Å². The maximum absolute atomic E-state index is 5.28. The minimum atomic E-state index is 0.670. The van der Waals surface area contributed by atoms with E-state index in [1.54, 1.807) is 12.4 Å². The van der Waals surface area contributed by atoms with Crippen molar-refractivity contribution in [2.24, 2.45) is 11.8 Å². The van der Waals surface area contributed by atoms with Crippen molar-refractivity contribution in [2.45, 2.75) is 26.7 Å². The fourth-order valence-corrected chi connectivity index (χ4v) is 3.31. The molecular formula is C16H26N4S. The van der Waals surface area contributed by atoms with Gasteiger partial charge in [0, 0.05) is 25.8 Å². The molecule has 1 fully saturated rings. The second-order valence-corrected chi connectivity index (χ2v) is 6.59. The van der Waals surface area contributed by atoms with Crippen molar-refractivity contribution in [1.29, 1.82) is 0 Å². The summed E-state index contributed by atoms with van der Waals surface area (Å²) in [6.45, 7) is 9.25. The lowest BCUT2D eigenvalue weighted by atomic mass is 9.92. The van der Waals surface area contributed by atoms with Gasteiger partial charge in [-0.05, 0) is 55.6 Å². The van der Waals surface area contributed by atoms with Gasteiger partial charge in [0.2, 0.25) is 0 Å². The van der Waals surface area contributed by atoms with Crippen LogP contribution in [-0.4, -0.2) is 41.2 Å². The van der Waals surface area contributed by atoms with E-state index in [-0.39, 0.29) is 0 Å². The molecule has 0 unspecified atom stereocenters. The van der Waals surface area contributed by atoms with E-state index in [4.69, 9.17) is 12.2 Å². The second kappa shape index (κ2) is 8.29. The fourth-order valence-electron chi connectivity index (χ4n) is 3.09. The van der Waals surface area contributed by atoms with Gasteiger partial charge in [-0.3, -0.25) is 4.98 Å². The Morgan fingerprint density at radius 1 is 1.38 bits per heavy atom. The molecule has 2 atom stereocenters. The maximum atomic E-state index is 5.28. The van der Waals surface area contributed by atoms with Crippen LogP contribution in [0.5, 0.6) is 0 Å². The molecule has 0 saturated carbocycles. The van der Waals surface area contributed by atoms with E-state index in [2.05, 4.69) is 34.4 Å². The number of pyridine rings is 1. The van der Waals surface area contributed by atoms with Gasteiger partial charge in [0.1, 0.15) is 0 Å². The predicted molar refractivity (Wildman–Crippen MR) is 92.5 cm³/mol. The van der Waals surface area contributed by atoms with Crippen molar-refractivity contribution in [3.8, 4) is 0 Å². The average molecular weight is 306 g/mol. The van der Waals surface area contributed by atoms with Gasteiger partial charge >= 0.3 is 0 Å². The van der Waals surface area contributed by atoms with Crippen LogP contribution < -0.4 is 10.6 Å². The third-order valence-corrected chi connectivity index (χ3v) is 4.05. The summed E-state index contributed by atoms with van der Waals surface area (Å²) in [6, 6.07) is 3.85. The molecule has 4 nitrogen and oxygen atoms in total. The molecule has 0 radical (unpaired) electrons. The molecule has 0 spiro atoms. The summed E-state index contributed by atoms with van der Waals surface area (Å²) in [5.41, 5.74) is 0.925. The summed E-state index contributed by atoms with van der Waals surface area (Å²) in [5.74, 6) is 1.66. The predicted octanol–water partition coefficient (Wildman–Crippen LogP) is 2.74. The van der Waals surface area contributed by atoms with E-state index >= 15 is 0 Å². The van der Waals surface area contributed by atoms with E-state index in [9.17, 15) is 0 Å². The van der Waals surface area contributed by atoms with Crippen LogP contribution in [0, 0.1) is 11.8 Å². The molecule has 21 heavy (non-hydrogen) atoms. The number of hydrogen-bond donors (Lipinski definition) is 2. The molecule has 1 saturated heterocycles. The summed E-state index contributed by atoms with van der Waals surface area (Å²) in [4.78, 5) is 6.63. The van der Waals surface area contributed by atoms with E-state index < -0.39 is 0 Å². The van der Waals surface area contributed by atoms with Gasteiger partial charge in [-0.15, -0.1) is 0 Å². The number of aromatic nitrogens is 1. The van der Waals surface area contributed by atoms with Gasteiger partial charge in [-0.25, -0.2) is 0 Å². The topological polar surface area (TPSA) is 40.2 Å². The number of anilines is 1. The first-order chi connectivity index (χ1) is 10.1. The molecule has 1 aromatic rings. The number of nitrogens with zero attached hydrogens (tertiary/aromatic N) is 2. The molecule has 0 aliphatic carbocycles. The van der Waals surface area contributed by atoms with Gasteiger partial charge in [0.05, 0.1) is 11.9 Å². The van der Waals surface area contributed by atoms with Gasteiger partial charge in [-0.1, -0.05) is 13.8 Å². The minimum absolute atomic E-state index is 0.670. The Kier molecular flexibility index (Phi) is 6.39. The Balaban J connectivity index is 1.60. The van der Waals surface area contributed by atoms with E-state index in [1.807, 2.05) is 12.1 Å². The highest BCUT2D eigenvalue weighted by molar-refractivity contribution is 7.80. The van der Waals surface area contributed by atoms with Crippen molar-refractivity contribution in [3.63, 3.8) is 0 Å². The normalized spacial score (nSPS) is 22.8. The first kappa shape index (κ1) is 16.2. The van der Waals surface area contributed by atoms with Crippen LogP contribution >= 0.6 is 12.2 Å². The highest BCUT2D eigenvalue weighted by atomic mass is 32.1. The zero-order chi connectivity index (χ0) is 15.1. The Labute approximate surface area is 133 Å². The molecule has 1 aromatic heterocycles. The molecule has 2 N–H and O–H groups in total. The van der Waals surface area contributed by atoms with Crippen LogP contribution in [-0.2, 0) is 0 Å². The molecule has 2 rings (SSSR count). The Hall–Kier alpha value is -1.20. The SMILES string of the molecule is C[C@H]1C[C@H](C)CN(CCCNC(=S)Nc2cccnc2)C1. The van der Waals surface area contributed by atoms with Crippen molar-refractivity contribution >= 4 is 23.0 Å². The lowest BCUT2D eigenvalue weighted by Crippen LogP contribution is -2.40. The molecule has 5 heteroatoms. The minimum Gasteiger partial charge on any atom is -0.362 e.